The molecule has 0 aromatic heterocycles. The zero-order valence-electron chi connectivity index (χ0n) is 23.5. The Hall–Kier alpha value is -2.44. The van der Waals surface area contributed by atoms with E-state index in [1.54, 1.807) is 12.1 Å². The Morgan fingerprint density at radius 2 is 1.30 bits per heavy atom. The summed E-state index contributed by atoms with van der Waals surface area (Å²) < 4.78 is 94.2. The van der Waals surface area contributed by atoms with E-state index in [0.717, 1.165) is 0 Å². The molecule has 0 spiro atoms. The summed E-state index contributed by atoms with van der Waals surface area (Å²) in [5, 5.41) is 5.60. The number of hydrogen-bond acceptors (Lipinski definition) is 2. The van der Waals surface area contributed by atoms with Gasteiger partial charge in [0.25, 0.3) is 5.91 Å². The van der Waals surface area contributed by atoms with Crippen molar-refractivity contribution in [2.45, 2.75) is 55.0 Å². The average Bonchev–Trinajstić information content (AvgIpc) is 3.53. The second-order valence-electron chi connectivity index (χ2n) is 10.5. The molecule has 3 aromatic rings. The van der Waals surface area contributed by atoms with Gasteiger partial charge in [-0.1, -0.05) is 48.7 Å². The highest BCUT2D eigenvalue weighted by Crippen LogP contribution is 2.65. The van der Waals surface area contributed by atoms with Crippen molar-refractivity contribution >= 4 is 81.2 Å². The molecule has 1 fully saturated rings. The Bertz CT molecular complexity index is 1640. The quantitative estimate of drug-likeness (QED) is 0.178. The van der Waals surface area contributed by atoms with Crippen molar-refractivity contribution in [2.75, 3.05) is 10.6 Å². The normalized spacial score (nSPS) is 17.9. The predicted octanol–water partition coefficient (Wildman–Crippen LogP) is 10.8. The van der Waals surface area contributed by atoms with Crippen LogP contribution in [0.25, 0.3) is 0 Å². The Kier molecular flexibility index (Phi) is 10.2. The molecule has 0 saturated heterocycles. The maximum absolute atomic E-state index is 14.9. The molecule has 4 nitrogen and oxygen atoms in total. The lowest BCUT2D eigenvalue weighted by Crippen LogP contribution is -2.50. The standard InChI is InChI=1S/C30H22Cl5F7N2O2/c1-3-13-7-16(28(36,29(37,38)39)30(40,41)42)8-14(4-2)24(13)44-25(45)20-12-19(5-6-21(20)33)43-26(46)23-22(27(23,34)35)15-9-17(31)11-18(32)10-15/h5-12,22-23H,3-4H2,1-2H3,(H,43,46)(H,44,45)/t22-,23+/m0/s1. The number of benzene rings is 3. The molecule has 0 radical (unpaired) electrons. The summed E-state index contributed by atoms with van der Waals surface area (Å²) in [5.41, 5.74) is -7.34. The topological polar surface area (TPSA) is 58.2 Å². The molecular weight excluding hydrogens is 731 g/mol. The smallest absolute Gasteiger partial charge is 0.326 e. The van der Waals surface area contributed by atoms with Gasteiger partial charge in [0.05, 0.1) is 16.5 Å². The molecule has 0 aliphatic heterocycles. The van der Waals surface area contributed by atoms with Crippen molar-refractivity contribution in [1.82, 2.24) is 0 Å². The van der Waals surface area contributed by atoms with E-state index in [9.17, 15) is 40.3 Å². The lowest BCUT2D eigenvalue weighted by Gasteiger charge is -2.31. The summed E-state index contributed by atoms with van der Waals surface area (Å²) in [4.78, 5) is 26.5. The number of anilines is 2. The molecule has 1 aliphatic carbocycles. The highest BCUT2D eigenvalue weighted by molar-refractivity contribution is 6.53. The number of rotatable bonds is 8. The maximum Gasteiger partial charge on any atom is 0.435 e. The van der Waals surface area contributed by atoms with Crippen LogP contribution in [0.3, 0.4) is 0 Å². The Balaban J connectivity index is 1.62. The van der Waals surface area contributed by atoms with Gasteiger partial charge < -0.3 is 10.6 Å². The molecule has 4 rings (SSSR count). The molecule has 248 valence electrons. The summed E-state index contributed by atoms with van der Waals surface area (Å²) in [7, 11) is 0. The first-order chi connectivity index (χ1) is 21.2. The Morgan fingerprint density at radius 1 is 0.783 bits per heavy atom. The first-order valence-electron chi connectivity index (χ1n) is 13.4. The molecule has 1 aliphatic rings. The van der Waals surface area contributed by atoms with Crippen molar-refractivity contribution in [3.05, 3.63) is 91.4 Å². The molecule has 2 atom stereocenters. The van der Waals surface area contributed by atoms with Gasteiger partial charge in [-0.05, 0) is 78.1 Å². The first-order valence-corrected chi connectivity index (χ1v) is 15.3. The molecule has 0 heterocycles. The van der Waals surface area contributed by atoms with E-state index < -0.39 is 51.6 Å². The van der Waals surface area contributed by atoms with Crippen LogP contribution in [0.15, 0.2) is 48.5 Å². The Morgan fingerprint density at radius 3 is 1.78 bits per heavy atom. The van der Waals surface area contributed by atoms with Crippen molar-refractivity contribution in [3.63, 3.8) is 0 Å². The zero-order valence-corrected chi connectivity index (χ0v) is 27.3. The summed E-state index contributed by atoms with van der Waals surface area (Å²) in [6.07, 6.45) is -12.9. The van der Waals surface area contributed by atoms with E-state index in [-0.39, 0.29) is 45.9 Å². The highest BCUT2D eigenvalue weighted by Gasteiger charge is 2.73. The van der Waals surface area contributed by atoms with E-state index in [4.69, 9.17) is 58.0 Å². The van der Waals surface area contributed by atoms with Crippen molar-refractivity contribution in [3.8, 4) is 0 Å². The summed E-state index contributed by atoms with van der Waals surface area (Å²) >= 11 is 31.2. The number of hydrogen-bond donors (Lipinski definition) is 2. The molecule has 0 bridgehead atoms. The van der Waals surface area contributed by atoms with Crippen LogP contribution in [-0.4, -0.2) is 28.5 Å². The molecule has 1 saturated carbocycles. The van der Waals surface area contributed by atoms with Crippen LogP contribution in [-0.2, 0) is 23.3 Å². The molecule has 0 unspecified atom stereocenters. The van der Waals surface area contributed by atoms with Crippen molar-refractivity contribution < 1.29 is 40.3 Å². The van der Waals surface area contributed by atoms with E-state index in [1.807, 2.05) is 0 Å². The van der Waals surface area contributed by atoms with Gasteiger partial charge in [0.1, 0.15) is 4.33 Å². The van der Waals surface area contributed by atoms with E-state index in [0.29, 0.717) is 27.7 Å². The highest BCUT2D eigenvalue weighted by atomic mass is 35.5. The van der Waals surface area contributed by atoms with Crippen LogP contribution < -0.4 is 10.6 Å². The fourth-order valence-corrected chi connectivity index (χ4v) is 6.75. The summed E-state index contributed by atoms with van der Waals surface area (Å²) in [5.74, 6) is -3.12. The second kappa shape index (κ2) is 12.9. The molecule has 2 N–H and O–H groups in total. The molecule has 2 amide bonds. The number of amides is 2. The van der Waals surface area contributed by atoms with Gasteiger partial charge in [0, 0.05) is 32.9 Å². The fourth-order valence-electron chi connectivity index (χ4n) is 5.17. The first kappa shape index (κ1) is 36.4. The minimum absolute atomic E-state index is 0.0952. The largest absolute Gasteiger partial charge is 0.435 e. The van der Waals surface area contributed by atoms with E-state index in [2.05, 4.69) is 10.6 Å². The SMILES string of the molecule is CCc1cc(C(F)(C(F)(F)F)C(F)(F)F)cc(CC)c1NC(=O)c1cc(NC(=O)[C@H]2[C@H](c3cc(Cl)cc(Cl)c3)C2(Cl)Cl)ccc1Cl. The van der Waals surface area contributed by atoms with Gasteiger partial charge in [-0.25, -0.2) is 4.39 Å². The monoisotopic (exact) mass is 750 g/mol. The third-order valence-corrected chi connectivity index (χ3v) is 9.25. The molecule has 3 aromatic carbocycles. The van der Waals surface area contributed by atoms with Gasteiger partial charge in [-0.3, -0.25) is 9.59 Å². The molecule has 16 heteroatoms. The van der Waals surface area contributed by atoms with E-state index in [1.165, 1.54) is 38.1 Å². The van der Waals surface area contributed by atoms with Crippen LogP contribution in [0.5, 0.6) is 0 Å². The number of alkyl halides is 9. The van der Waals surface area contributed by atoms with Crippen LogP contribution in [0, 0.1) is 5.92 Å². The molecule has 46 heavy (non-hydrogen) atoms. The number of aryl methyl sites for hydroxylation is 2. The van der Waals surface area contributed by atoms with Crippen LogP contribution >= 0.6 is 58.0 Å². The van der Waals surface area contributed by atoms with Crippen molar-refractivity contribution in [1.29, 1.82) is 0 Å². The molecular formula is C30H22Cl5F7N2O2. The summed E-state index contributed by atoms with van der Waals surface area (Å²) in [6.45, 7) is 2.82. The van der Waals surface area contributed by atoms with Crippen LogP contribution in [0.2, 0.25) is 15.1 Å². The van der Waals surface area contributed by atoms with Crippen LogP contribution in [0.1, 0.15) is 52.4 Å². The third-order valence-electron chi connectivity index (χ3n) is 7.54. The average molecular weight is 753 g/mol. The lowest BCUT2D eigenvalue weighted by atomic mass is 9.88. The number of carbonyl (C=O) groups excluding carboxylic acids is 2. The number of carbonyl (C=O) groups is 2. The van der Waals surface area contributed by atoms with Gasteiger partial charge >= 0.3 is 18.0 Å². The van der Waals surface area contributed by atoms with Crippen molar-refractivity contribution in [2.24, 2.45) is 5.92 Å². The maximum atomic E-state index is 14.9. The Labute approximate surface area is 283 Å². The second-order valence-corrected chi connectivity index (χ2v) is 13.2. The van der Waals surface area contributed by atoms with Gasteiger partial charge in [0.15, 0.2) is 0 Å². The van der Waals surface area contributed by atoms with E-state index >= 15 is 0 Å². The predicted molar refractivity (Wildman–Crippen MR) is 165 cm³/mol. The van der Waals surface area contributed by atoms with Gasteiger partial charge in [-0.15, -0.1) is 23.2 Å². The minimum Gasteiger partial charge on any atom is -0.326 e. The van der Waals surface area contributed by atoms with Gasteiger partial charge in [-0.2, -0.15) is 26.3 Å². The third kappa shape index (κ3) is 6.76. The minimum atomic E-state index is -6.31. The van der Waals surface area contributed by atoms with Crippen LogP contribution in [0.4, 0.5) is 42.1 Å². The number of nitrogens with one attached hydrogen (secondary N) is 2. The number of halogens is 12. The fraction of sp³-hybridized carbons (Fsp3) is 0.333. The van der Waals surface area contributed by atoms with Gasteiger partial charge in [0.2, 0.25) is 5.91 Å². The zero-order chi connectivity index (χ0) is 34.6. The lowest BCUT2D eigenvalue weighted by molar-refractivity contribution is -0.348. The summed E-state index contributed by atoms with van der Waals surface area (Å²) in [6, 6.07) is 9.36.